The Labute approximate surface area is 109 Å². The molecule has 3 nitrogen and oxygen atoms in total. The average Bonchev–Trinajstić information content (AvgIpc) is 2.75. The van der Waals surface area contributed by atoms with Crippen molar-refractivity contribution >= 4 is 11.0 Å². The predicted molar refractivity (Wildman–Crippen MR) is 71.2 cm³/mol. The molecule has 0 saturated heterocycles. The smallest absolute Gasteiger partial charge is 0.137 e. The van der Waals surface area contributed by atoms with Crippen molar-refractivity contribution in [1.29, 1.82) is 0 Å². The molecular formula is C15H13FN2O. The summed E-state index contributed by atoms with van der Waals surface area (Å²) in [6.07, 6.45) is 3.37. The highest BCUT2D eigenvalue weighted by Crippen LogP contribution is 2.31. The lowest BCUT2D eigenvalue weighted by Gasteiger charge is -2.09. The largest absolute Gasteiger partial charge is 0.459 e. The van der Waals surface area contributed by atoms with E-state index in [2.05, 4.69) is 4.98 Å². The minimum absolute atomic E-state index is 0.315. The normalized spacial score (nSPS) is 12.8. The van der Waals surface area contributed by atoms with Crippen LogP contribution in [0.15, 0.2) is 47.1 Å². The van der Waals surface area contributed by atoms with E-state index in [0.29, 0.717) is 11.3 Å². The summed E-state index contributed by atoms with van der Waals surface area (Å²) in [4.78, 5) is 3.96. The molecule has 2 heterocycles. The summed E-state index contributed by atoms with van der Waals surface area (Å²) in [5.74, 6) is 0.345. The van der Waals surface area contributed by atoms with Crippen molar-refractivity contribution in [3.8, 4) is 0 Å². The van der Waals surface area contributed by atoms with Crippen molar-refractivity contribution in [3.05, 3.63) is 65.4 Å². The first kappa shape index (κ1) is 11.9. The molecule has 1 aromatic carbocycles. The molecular weight excluding hydrogens is 243 g/mol. The average molecular weight is 256 g/mol. The molecule has 19 heavy (non-hydrogen) atoms. The minimum atomic E-state index is -0.376. The van der Waals surface area contributed by atoms with Crippen molar-refractivity contribution in [1.82, 2.24) is 4.98 Å². The van der Waals surface area contributed by atoms with Crippen LogP contribution >= 0.6 is 0 Å². The number of aromatic nitrogens is 1. The fraction of sp³-hybridized carbons (Fsp3) is 0.133. The first-order chi connectivity index (χ1) is 9.16. The Morgan fingerprint density at radius 1 is 1.21 bits per heavy atom. The SMILES string of the molecule is Cc1c(C(N)c2ccncc2)oc2cc(F)ccc12. The molecule has 0 spiro atoms. The Balaban J connectivity index is 2.13. The highest BCUT2D eigenvalue weighted by Gasteiger charge is 2.18. The van der Waals surface area contributed by atoms with Gasteiger partial charge in [0.15, 0.2) is 0 Å². The van der Waals surface area contributed by atoms with Crippen molar-refractivity contribution in [2.45, 2.75) is 13.0 Å². The van der Waals surface area contributed by atoms with Gasteiger partial charge in [-0.2, -0.15) is 0 Å². The number of fused-ring (bicyclic) bond motifs is 1. The molecule has 0 fully saturated rings. The number of pyridine rings is 1. The number of nitrogens with two attached hydrogens (primary N) is 1. The lowest BCUT2D eigenvalue weighted by molar-refractivity contribution is 0.518. The lowest BCUT2D eigenvalue weighted by Crippen LogP contribution is -2.11. The Bertz CT molecular complexity index is 722. The molecule has 96 valence electrons. The van der Waals surface area contributed by atoms with Gasteiger partial charge in [0.1, 0.15) is 17.2 Å². The molecule has 0 aliphatic carbocycles. The van der Waals surface area contributed by atoms with E-state index in [0.717, 1.165) is 16.5 Å². The summed E-state index contributed by atoms with van der Waals surface area (Å²) >= 11 is 0. The fourth-order valence-electron chi connectivity index (χ4n) is 2.24. The van der Waals surface area contributed by atoms with E-state index < -0.39 is 0 Å². The van der Waals surface area contributed by atoms with Gasteiger partial charge in [0.2, 0.25) is 0 Å². The molecule has 4 heteroatoms. The maximum absolute atomic E-state index is 13.2. The standard InChI is InChI=1S/C15H13FN2O/c1-9-12-3-2-11(16)8-13(12)19-15(9)14(17)10-4-6-18-7-5-10/h2-8,14H,17H2,1H3. The van der Waals surface area contributed by atoms with E-state index >= 15 is 0 Å². The Hall–Kier alpha value is -2.20. The number of benzene rings is 1. The van der Waals surface area contributed by atoms with E-state index in [1.807, 2.05) is 19.1 Å². The third kappa shape index (κ3) is 2.00. The topological polar surface area (TPSA) is 52.0 Å². The maximum Gasteiger partial charge on any atom is 0.137 e. The van der Waals surface area contributed by atoms with E-state index in [-0.39, 0.29) is 11.9 Å². The van der Waals surface area contributed by atoms with Crippen LogP contribution < -0.4 is 5.73 Å². The molecule has 3 aromatic rings. The number of halogens is 1. The van der Waals surface area contributed by atoms with Crippen molar-refractivity contribution in [3.63, 3.8) is 0 Å². The summed E-state index contributed by atoms with van der Waals surface area (Å²) in [6.45, 7) is 1.93. The highest BCUT2D eigenvalue weighted by atomic mass is 19.1. The van der Waals surface area contributed by atoms with E-state index in [1.54, 1.807) is 18.5 Å². The zero-order chi connectivity index (χ0) is 13.4. The third-order valence-corrected chi connectivity index (χ3v) is 3.28. The van der Waals surface area contributed by atoms with Gasteiger partial charge < -0.3 is 10.2 Å². The second-order valence-corrected chi connectivity index (χ2v) is 4.49. The molecule has 2 aromatic heterocycles. The highest BCUT2D eigenvalue weighted by molar-refractivity contribution is 5.82. The van der Waals surface area contributed by atoms with Crippen molar-refractivity contribution in [2.75, 3.05) is 0 Å². The second-order valence-electron chi connectivity index (χ2n) is 4.49. The molecule has 1 atom stereocenters. The maximum atomic E-state index is 13.2. The number of hydrogen-bond acceptors (Lipinski definition) is 3. The quantitative estimate of drug-likeness (QED) is 0.765. The van der Waals surface area contributed by atoms with E-state index in [9.17, 15) is 4.39 Å². The van der Waals surface area contributed by atoms with Gasteiger partial charge in [-0.3, -0.25) is 4.98 Å². The fourth-order valence-corrected chi connectivity index (χ4v) is 2.24. The summed E-state index contributed by atoms with van der Waals surface area (Å²) in [5.41, 5.74) is 8.59. The molecule has 2 N–H and O–H groups in total. The molecule has 0 aliphatic rings. The number of furan rings is 1. The monoisotopic (exact) mass is 256 g/mol. The first-order valence-corrected chi connectivity index (χ1v) is 6.01. The van der Waals surface area contributed by atoms with E-state index in [1.165, 1.54) is 12.1 Å². The van der Waals surface area contributed by atoms with Gasteiger partial charge in [-0.15, -0.1) is 0 Å². The lowest BCUT2D eigenvalue weighted by atomic mass is 10.0. The summed E-state index contributed by atoms with van der Waals surface area (Å²) < 4.78 is 18.9. The number of nitrogens with zero attached hydrogens (tertiary/aromatic N) is 1. The van der Waals surface area contributed by atoms with Crippen LogP contribution in [0.5, 0.6) is 0 Å². The zero-order valence-electron chi connectivity index (χ0n) is 10.4. The molecule has 0 aliphatic heterocycles. The van der Waals surface area contributed by atoms with Crippen LogP contribution in [0, 0.1) is 12.7 Å². The first-order valence-electron chi connectivity index (χ1n) is 6.01. The van der Waals surface area contributed by atoms with Crippen molar-refractivity contribution < 1.29 is 8.81 Å². The van der Waals surface area contributed by atoms with Gasteiger partial charge in [-0.25, -0.2) is 4.39 Å². The van der Waals surface area contributed by atoms with Gasteiger partial charge in [0.05, 0.1) is 6.04 Å². The summed E-state index contributed by atoms with van der Waals surface area (Å²) in [6, 6.07) is 7.83. The van der Waals surface area contributed by atoms with Crippen LogP contribution in [0.4, 0.5) is 4.39 Å². The Kier molecular flexibility index (Phi) is 2.80. The van der Waals surface area contributed by atoms with Gasteiger partial charge in [-0.1, -0.05) is 0 Å². The zero-order valence-corrected chi connectivity index (χ0v) is 10.4. The molecule has 0 amide bonds. The molecule has 3 rings (SSSR count). The van der Waals surface area contributed by atoms with Crippen LogP contribution in [-0.2, 0) is 0 Å². The molecule has 0 radical (unpaired) electrons. The van der Waals surface area contributed by atoms with Crippen LogP contribution in [-0.4, -0.2) is 4.98 Å². The third-order valence-electron chi connectivity index (χ3n) is 3.28. The van der Waals surface area contributed by atoms with Gasteiger partial charge in [0, 0.05) is 29.4 Å². The Morgan fingerprint density at radius 3 is 2.68 bits per heavy atom. The molecule has 0 bridgehead atoms. The van der Waals surface area contributed by atoms with Gasteiger partial charge >= 0.3 is 0 Å². The number of rotatable bonds is 2. The van der Waals surface area contributed by atoms with E-state index in [4.69, 9.17) is 10.2 Å². The number of hydrogen-bond donors (Lipinski definition) is 1. The number of aryl methyl sites for hydroxylation is 1. The molecule has 1 unspecified atom stereocenters. The molecule has 0 saturated carbocycles. The summed E-state index contributed by atoms with van der Waals surface area (Å²) in [5, 5.41) is 0.890. The van der Waals surface area contributed by atoms with Gasteiger partial charge in [0.25, 0.3) is 0 Å². The van der Waals surface area contributed by atoms with Crippen molar-refractivity contribution in [2.24, 2.45) is 5.73 Å². The Morgan fingerprint density at radius 2 is 1.95 bits per heavy atom. The van der Waals surface area contributed by atoms with Crippen LogP contribution in [0.2, 0.25) is 0 Å². The predicted octanol–water partition coefficient (Wildman–Crippen LogP) is 3.32. The van der Waals surface area contributed by atoms with Crippen LogP contribution in [0.25, 0.3) is 11.0 Å². The summed E-state index contributed by atoms with van der Waals surface area (Å²) in [7, 11) is 0. The van der Waals surface area contributed by atoms with Crippen LogP contribution in [0.3, 0.4) is 0 Å². The second kappa shape index (κ2) is 4.48. The minimum Gasteiger partial charge on any atom is -0.459 e. The van der Waals surface area contributed by atoms with Gasteiger partial charge in [-0.05, 0) is 36.8 Å². The van der Waals surface area contributed by atoms with Crippen LogP contribution in [0.1, 0.15) is 22.9 Å².